The zero-order chi connectivity index (χ0) is 13.3. The first-order valence-electron chi connectivity index (χ1n) is 5.97. The molecule has 1 aromatic rings. The molecule has 1 N–H and O–H groups in total. The third-order valence-electron chi connectivity index (χ3n) is 3.28. The molecular weight excluding hydrogens is 235 g/mol. The molecule has 0 spiro atoms. The van der Waals surface area contributed by atoms with Gasteiger partial charge in [0.05, 0.1) is 5.56 Å². The fraction of sp³-hybridized carbons (Fsp3) is 0.462. The molecule has 0 aromatic heterocycles. The predicted octanol–water partition coefficient (Wildman–Crippen LogP) is 1.31. The molecule has 1 fully saturated rings. The summed E-state index contributed by atoms with van der Waals surface area (Å²) in [5, 5.41) is 9.63. The summed E-state index contributed by atoms with van der Waals surface area (Å²) in [6.45, 7) is 4.19. The van der Waals surface area contributed by atoms with Crippen LogP contribution in [0.4, 0.5) is 4.39 Å². The van der Waals surface area contributed by atoms with Gasteiger partial charge in [-0.05, 0) is 26.1 Å². The highest BCUT2D eigenvalue weighted by molar-refractivity contribution is 5.97. The SMILES string of the molecule is CC1CN(C)CCN1C(=O)c1ccc(F)cc1O. The fourth-order valence-corrected chi connectivity index (χ4v) is 2.28. The van der Waals surface area contributed by atoms with Crippen molar-refractivity contribution >= 4 is 5.91 Å². The molecule has 1 aliphatic rings. The van der Waals surface area contributed by atoms with Crippen molar-refractivity contribution in [2.24, 2.45) is 0 Å². The summed E-state index contributed by atoms with van der Waals surface area (Å²) in [7, 11) is 2.01. The standard InChI is InChI=1S/C13H17FN2O2/c1-9-8-15(2)5-6-16(9)13(18)11-4-3-10(14)7-12(11)17/h3-4,7,9,17H,5-6,8H2,1-2H3. The lowest BCUT2D eigenvalue weighted by atomic mass is 10.1. The fourth-order valence-electron chi connectivity index (χ4n) is 2.28. The summed E-state index contributed by atoms with van der Waals surface area (Å²) in [4.78, 5) is 16.1. The van der Waals surface area contributed by atoms with E-state index >= 15 is 0 Å². The largest absolute Gasteiger partial charge is 0.507 e. The Labute approximate surface area is 106 Å². The topological polar surface area (TPSA) is 43.8 Å². The average Bonchev–Trinajstić information content (AvgIpc) is 2.28. The van der Waals surface area contributed by atoms with Crippen LogP contribution in [-0.2, 0) is 0 Å². The number of hydrogen-bond donors (Lipinski definition) is 1. The van der Waals surface area contributed by atoms with E-state index in [4.69, 9.17) is 0 Å². The van der Waals surface area contributed by atoms with Crippen molar-refractivity contribution in [1.29, 1.82) is 0 Å². The maximum Gasteiger partial charge on any atom is 0.257 e. The van der Waals surface area contributed by atoms with Gasteiger partial charge in [0, 0.05) is 31.7 Å². The molecule has 1 amide bonds. The summed E-state index contributed by atoms with van der Waals surface area (Å²) in [6.07, 6.45) is 0. The average molecular weight is 252 g/mol. The van der Waals surface area contributed by atoms with Crippen molar-refractivity contribution in [3.63, 3.8) is 0 Å². The molecule has 1 unspecified atom stereocenters. The van der Waals surface area contributed by atoms with Gasteiger partial charge in [-0.3, -0.25) is 4.79 Å². The highest BCUT2D eigenvalue weighted by Crippen LogP contribution is 2.22. The second kappa shape index (κ2) is 4.94. The third kappa shape index (κ3) is 2.46. The summed E-state index contributed by atoms with van der Waals surface area (Å²) in [6, 6.07) is 3.57. The summed E-state index contributed by atoms with van der Waals surface area (Å²) in [5.41, 5.74) is 0.160. The Morgan fingerprint density at radius 3 is 2.78 bits per heavy atom. The molecule has 1 aromatic carbocycles. The third-order valence-corrected chi connectivity index (χ3v) is 3.28. The lowest BCUT2D eigenvalue weighted by Gasteiger charge is -2.38. The van der Waals surface area contributed by atoms with Crippen molar-refractivity contribution in [2.45, 2.75) is 13.0 Å². The molecule has 0 bridgehead atoms. The summed E-state index contributed by atoms with van der Waals surface area (Å²) < 4.78 is 12.9. The van der Waals surface area contributed by atoms with Crippen LogP contribution in [0.2, 0.25) is 0 Å². The number of aromatic hydroxyl groups is 1. The Bertz CT molecular complexity index is 464. The van der Waals surface area contributed by atoms with Crippen LogP contribution < -0.4 is 0 Å². The smallest absolute Gasteiger partial charge is 0.257 e. The van der Waals surface area contributed by atoms with E-state index in [-0.39, 0.29) is 23.3 Å². The van der Waals surface area contributed by atoms with Crippen molar-refractivity contribution in [1.82, 2.24) is 9.80 Å². The highest BCUT2D eigenvalue weighted by atomic mass is 19.1. The first-order valence-corrected chi connectivity index (χ1v) is 5.97. The molecule has 0 aliphatic carbocycles. The van der Waals surface area contributed by atoms with Crippen LogP contribution in [0.15, 0.2) is 18.2 Å². The van der Waals surface area contributed by atoms with Crippen LogP contribution in [0.5, 0.6) is 5.75 Å². The number of piperazine rings is 1. The maximum absolute atomic E-state index is 12.9. The minimum atomic E-state index is -0.546. The van der Waals surface area contributed by atoms with Crippen LogP contribution >= 0.6 is 0 Å². The van der Waals surface area contributed by atoms with Gasteiger partial charge in [-0.15, -0.1) is 0 Å². The number of halogens is 1. The lowest BCUT2D eigenvalue weighted by molar-refractivity contribution is 0.0530. The molecular formula is C13H17FN2O2. The monoisotopic (exact) mass is 252 g/mol. The van der Waals surface area contributed by atoms with Crippen molar-refractivity contribution in [2.75, 3.05) is 26.7 Å². The van der Waals surface area contributed by atoms with Crippen molar-refractivity contribution < 1.29 is 14.3 Å². The Kier molecular flexibility index (Phi) is 3.52. The molecule has 18 heavy (non-hydrogen) atoms. The van der Waals surface area contributed by atoms with E-state index in [1.54, 1.807) is 4.90 Å². The van der Waals surface area contributed by atoms with Crippen LogP contribution in [0.1, 0.15) is 17.3 Å². The van der Waals surface area contributed by atoms with Crippen molar-refractivity contribution in [3.05, 3.63) is 29.6 Å². The first kappa shape index (κ1) is 12.8. The molecule has 1 aliphatic heterocycles. The van der Waals surface area contributed by atoms with Gasteiger partial charge in [-0.1, -0.05) is 0 Å². The summed E-state index contributed by atoms with van der Waals surface area (Å²) in [5.74, 6) is -1.09. The minimum Gasteiger partial charge on any atom is -0.507 e. The van der Waals surface area contributed by atoms with Crippen molar-refractivity contribution in [3.8, 4) is 5.75 Å². The number of rotatable bonds is 1. The number of nitrogens with zero attached hydrogens (tertiary/aromatic N) is 2. The van der Waals surface area contributed by atoms with Gasteiger partial charge >= 0.3 is 0 Å². The van der Waals surface area contributed by atoms with E-state index in [9.17, 15) is 14.3 Å². The Balaban J connectivity index is 2.20. The number of carbonyl (C=O) groups excluding carboxylic acids is 1. The van der Waals surface area contributed by atoms with E-state index in [0.29, 0.717) is 6.54 Å². The Morgan fingerprint density at radius 1 is 1.44 bits per heavy atom. The molecule has 1 heterocycles. The molecule has 2 rings (SSSR count). The predicted molar refractivity (Wildman–Crippen MR) is 66.1 cm³/mol. The van der Waals surface area contributed by atoms with E-state index in [1.165, 1.54) is 12.1 Å². The van der Waals surface area contributed by atoms with Crippen LogP contribution in [-0.4, -0.2) is 53.5 Å². The number of hydrogen-bond acceptors (Lipinski definition) is 3. The number of likely N-dealkylation sites (N-methyl/N-ethyl adjacent to an activating group) is 1. The quantitative estimate of drug-likeness (QED) is 0.819. The number of benzene rings is 1. The van der Waals surface area contributed by atoms with Crippen LogP contribution in [0.3, 0.4) is 0 Å². The van der Waals surface area contributed by atoms with Gasteiger partial charge in [0.1, 0.15) is 11.6 Å². The van der Waals surface area contributed by atoms with E-state index < -0.39 is 5.82 Å². The van der Waals surface area contributed by atoms with Gasteiger partial charge in [0.2, 0.25) is 0 Å². The van der Waals surface area contributed by atoms with Gasteiger partial charge < -0.3 is 14.9 Å². The highest BCUT2D eigenvalue weighted by Gasteiger charge is 2.27. The molecule has 0 saturated carbocycles. The Hall–Kier alpha value is -1.62. The molecule has 0 radical (unpaired) electrons. The van der Waals surface area contributed by atoms with E-state index in [2.05, 4.69) is 4.90 Å². The Morgan fingerprint density at radius 2 is 2.17 bits per heavy atom. The van der Waals surface area contributed by atoms with Crippen LogP contribution in [0, 0.1) is 5.82 Å². The maximum atomic E-state index is 12.9. The second-order valence-electron chi connectivity index (χ2n) is 4.77. The normalized spacial score (nSPS) is 21.1. The number of amides is 1. The van der Waals surface area contributed by atoms with Gasteiger partial charge in [0.25, 0.3) is 5.91 Å². The van der Waals surface area contributed by atoms with Crippen LogP contribution in [0.25, 0.3) is 0 Å². The molecule has 4 nitrogen and oxygen atoms in total. The van der Waals surface area contributed by atoms with Gasteiger partial charge in [-0.25, -0.2) is 4.39 Å². The lowest BCUT2D eigenvalue weighted by Crippen LogP contribution is -2.52. The van der Waals surface area contributed by atoms with Gasteiger partial charge in [-0.2, -0.15) is 0 Å². The molecule has 1 atom stereocenters. The molecule has 1 saturated heterocycles. The van der Waals surface area contributed by atoms with E-state index in [1.807, 2.05) is 14.0 Å². The molecule has 98 valence electrons. The van der Waals surface area contributed by atoms with E-state index in [0.717, 1.165) is 19.2 Å². The number of carbonyl (C=O) groups is 1. The molecule has 5 heteroatoms. The zero-order valence-corrected chi connectivity index (χ0v) is 10.6. The minimum absolute atomic E-state index is 0.0840. The zero-order valence-electron chi connectivity index (χ0n) is 10.6. The first-order chi connectivity index (χ1) is 8.49. The van der Waals surface area contributed by atoms with Gasteiger partial charge in [0.15, 0.2) is 0 Å². The number of phenolic OH excluding ortho intramolecular Hbond substituents is 1. The second-order valence-corrected chi connectivity index (χ2v) is 4.77. The summed E-state index contributed by atoms with van der Waals surface area (Å²) >= 11 is 0. The number of phenols is 1.